The first-order chi connectivity index (χ1) is 9.10. The second-order valence-electron chi connectivity index (χ2n) is 5.55. The summed E-state index contributed by atoms with van der Waals surface area (Å²) >= 11 is 0. The number of methoxy groups -OCH3 is 1. The molecule has 1 aromatic rings. The highest BCUT2D eigenvalue weighted by molar-refractivity contribution is 5.54. The van der Waals surface area contributed by atoms with Crippen LogP contribution in [0.3, 0.4) is 0 Å². The highest BCUT2D eigenvalue weighted by Crippen LogP contribution is 2.23. The van der Waals surface area contributed by atoms with Gasteiger partial charge in [0.15, 0.2) is 0 Å². The Hall–Kier alpha value is -1.26. The molecule has 1 fully saturated rings. The van der Waals surface area contributed by atoms with E-state index in [0.29, 0.717) is 11.7 Å². The molecule has 0 amide bonds. The second kappa shape index (κ2) is 6.26. The van der Waals surface area contributed by atoms with Gasteiger partial charge in [0, 0.05) is 19.1 Å². The van der Waals surface area contributed by atoms with Gasteiger partial charge in [0.2, 0.25) is 0 Å². The Kier molecular flexibility index (Phi) is 4.66. The van der Waals surface area contributed by atoms with Gasteiger partial charge < -0.3 is 15.4 Å². The SMILES string of the molecule is COc1ccc(CN(C)C2CCCN(C)C2)cc1N. The van der Waals surface area contributed by atoms with E-state index in [2.05, 4.69) is 30.0 Å². The molecule has 4 nitrogen and oxygen atoms in total. The molecular formula is C15H25N3O. The number of benzene rings is 1. The number of hydrogen-bond acceptors (Lipinski definition) is 4. The summed E-state index contributed by atoms with van der Waals surface area (Å²) in [6, 6.07) is 6.70. The Morgan fingerprint density at radius 3 is 2.89 bits per heavy atom. The predicted octanol–water partition coefficient (Wildman–Crippen LogP) is 1.80. The minimum absolute atomic E-state index is 0.641. The molecule has 4 heteroatoms. The summed E-state index contributed by atoms with van der Waals surface area (Å²) in [6.45, 7) is 3.31. The molecule has 1 unspecified atom stereocenters. The number of hydrogen-bond donors (Lipinski definition) is 1. The van der Waals surface area contributed by atoms with Crippen molar-refractivity contribution in [3.05, 3.63) is 23.8 Å². The summed E-state index contributed by atoms with van der Waals surface area (Å²) in [7, 11) is 6.05. The second-order valence-corrected chi connectivity index (χ2v) is 5.55. The van der Waals surface area contributed by atoms with E-state index in [9.17, 15) is 0 Å². The molecular weight excluding hydrogens is 238 g/mol. The van der Waals surface area contributed by atoms with Gasteiger partial charge >= 0.3 is 0 Å². The lowest BCUT2D eigenvalue weighted by Gasteiger charge is -2.36. The van der Waals surface area contributed by atoms with Crippen LogP contribution in [0, 0.1) is 0 Å². The third kappa shape index (κ3) is 3.61. The van der Waals surface area contributed by atoms with Crippen LogP contribution in [-0.4, -0.2) is 50.1 Å². The summed E-state index contributed by atoms with van der Waals surface area (Å²) < 4.78 is 5.19. The quantitative estimate of drug-likeness (QED) is 0.841. The maximum absolute atomic E-state index is 5.96. The number of anilines is 1. The molecule has 1 aromatic carbocycles. The molecule has 0 aromatic heterocycles. The third-order valence-corrected chi connectivity index (χ3v) is 3.95. The molecule has 2 rings (SSSR count). The summed E-state index contributed by atoms with van der Waals surface area (Å²) in [5.41, 5.74) is 7.92. The van der Waals surface area contributed by atoms with E-state index in [1.54, 1.807) is 7.11 Å². The first kappa shape index (κ1) is 14.2. The lowest BCUT2D eigenvalue weighted by atomic mass is 10.0. The van der Waals surface area contributed by atoms with Crippen LogP contribution in [-0.2, 0) is 6.54 Å². The van der Waals surface area contributed by atoms with Gasteiger partial charge in [-0.25, -0.2) is 0 Å². The molecule has 1 saturated heterocycles. The van der Waals surface area contributed by atoms with E-state index in [-0.39, 0.29) is 0 Å². The average Bonchev–Trinajstić information content (AvgIpc) is 2.39. The first-order valence-corrected chi connectivity index (χ1v) is 6.91. The van der Waals surface area contributed by atoms with E-state index in [4.69, 9.17) is 10.5 Å². The van der Waals surface area contributed by atoms with E-state index in [1.807, 2.05) is 12.1 Å². The minimum Gasteiger partial charge on any atom is -0.495 e. The molecule has 0 spiro atoms. The van der Waals surface area contributed by atoms with Gasteiger partial charge in [-0.15, -0.1) is 0 Å². The van der Waals surface area contributed by atoms with Gasteiger partial charge in [0.25, 0.3) is 0 Å². The van der Waals surface area contributed by atoms with Gasteiger partial charge in [0.05, 0.1) is 12.8 Å². The first-order valence-electron chi connectivity index (χ1n) is 6.91. The van der Waals surface area contributed by atoms with Crippen LogP contribution in [0.5, 0.6) is 5.75 Å². The average molecular weight is 263 g/mol. The van der Waals surface area contributed by atoms with Crippen molar-refractivity contribution < 1.29 is 4.74 Å². The summed E-state index contributed by atoms with van der Waals surface area (Å²) in [6.07, 6.45) is 2.57. The number of nitrogens with two attached hydrogens (primary N) is 1. The fraction of sp³-hybridized carbons (Fsp3) is 0.600. The molecule has 1 aliphatic heterocycles. The maximum atomic E-state index is 5.96. The van der Waals surface area contributed by atoms with E-state index < -0.39 is 0 Å². The largest absolute Gasteiger partial charge is 0.495 e. The van der Waals surface area contributed by atoms with Crippen LogP contribution in [0.4, 0.5) is 5.69 Å². The van der Waals surface area contributed by atoms with Crippen molar-refractivity contribution >= 4 is 5.69 Å². The standard InChI is InChI=1S/C15H25N3O/c1-17-8-4-5-13(11-17)18(2)10-12-6-7-15(19-3)14(16)9-12/h6-7,9,13H,4-5,8,10-11,16H2,1-3H3. The van der Waals surface area contributed by atoms with Crippen molar-refractivity contribution in [2.45, 2.75) is 25.4 Å². The van der Waals surface area contributed by atoms with Crippen LogP contribution in [0.2, 0.25) is 0 Å². The molecule has 0 radical (unpaired) electrons. The van der Waals surface area contributed by atoms with Crippen LogP contribution in [0.25, 0.3) is 0 Å². The minimum atomic E-state index is 0.641. The van der Waals surface area contributed by atoms with Crippen molar-refractivity contribution in [3.8, 4) is 5.75 Å². The van der Waals surface area contributed by atoms with E-state index in [1.165, 1.54) is 24.9 Å². The molecule has 19 heavy (non-hydrogen) atoms. The zero-order chi connectivity index (χ0) is 13.8. The normalized spacial score (nSPS) is 20.7. The maximum Gasteiger partial charge on any atom is 0.141 e. The van der Waals surface area contributed by atoms with Gasteiger partial charge in [-0.05, 0) is 51.2 Å². The number of nitrogens with zero attached hydrogens (tertiary/aromatic N) is 2. The monoisotopic (exact) mass is 263 g/mol. The zero-order valence-corrected chi connectivity index (χ0v) is 12.2. The Bertz CT molecular complexity index is 422. The number of ether oxygens (including phenoxy) is 1. The van der Waals surface area contributed by atoms with Crippen molar-refractivity contribution in [3.63, 3.8) is 0 Å². The molecule has 1 atom stereocenters. The Balaban J connectivity index is 1.98. The fourth-order valence-corrected chi connectivity index (χ4v) is 2.80. The van der Waals surface area contributed by atoms with Gasteiger partial charge in [0.1, 0.15) is 5.75 Å². The third-order valence-electron chi connectivity index (χ3n) is 3.95. The summed E-state index contributed by atoms with van der Waals surface area (Å²) in [5.74, 6) is 0.754. The van der Waals surface area contributed by atoms with E-state index >= 15 is 0 Å². The van der Waals surface area contributed by atoms with Crippen molar-refractivity contribution in [2.24, 2.45) is 0 Å². The van der Waals surface area contributed by atoms with Crippen molar-refractivity contribution in [2.75, 3.05) is 40.0 Å². The molecule has 106 valence electrons. The molecule has 2 N–H and O–H groups in total. The molecule has 0 saturated carbocycles. The highest BCUT2D eigenvalue weighted by atomic mass is 16.5. The van der Waals surface area contributed by atoms with Crippen molar-refractivity contribution in [1.82, 2.24) is 9.80 Å². The fourth-order valence-electron chi connectivity index (χ4n) is 2.80. The smallest absolute Gasteiger partial charge is 0.141 e. The number of rotatable bonds is 4. The molecule has 1 aliphatic rings. The number of piperidine rings is 1. The molecule has 0 bridgehead atoms. The molecule has 0 aliphatic carbocycles. The Morgan fingerprint density at radius 1 is 1.47 bits per heavy atom. The summed E-state index contributed by atoms with van der Waals surface area (Å²) in [4.78, 5) is 4.84. The lowest BCUT2D eigenvalue weighted by Crippen LogP contribution is -2.44. The summed E-state index contributed by atoms with van der Waals surface area (Å²) in [5, 5.41) is 0. The lowest BCUT2D eigenvalue weighted by molar-refractivity contribution is 0.129. The number of likely N-dealkylation sites (N-methyl/N-ethyl adjacent to an activating group) is 2. The zero-order valence-electron chi connectivity index (χ0n) is 12.2. The molecule has 1 heterocycles. The van der Waals surface area contributed by atoms with Gasteiger partial charge in [-0.1, -0.05) is 6.07 Å². The van der Waals surface area contributed by atoms with Gasteiger partial charge in [-0.2, -0.15) is 0 Å². The van der Waals surface area contributed by atoms with Crippen LogP contribution in [0.1, 0.15) is 18.4 Å². The van der Waals surface area contributed by atoms with Gasteiger partial charge in [-0.3, -0.25) is 4.90 Å². The predicted molar refractivity (Wildman–Crippen MR) is 79.4 cm³/mol. The van der Waals surface area contributed by atoms with Crippen LogP contribution < -0.4 is 10.5 Å². The number of likely N-dealkylation sites (tertiary alicyclic amines) is 1. The topological polar surface area (TPSA) is 41.7 Å². The Labute approximate surface area is 116 Å². The number of nitrogen functional groups attached to an aromatic ring is 1. The van der Waals surface area contributed by atoms with Crippen molar-refractivity contribution in [1.29, 1.82) is 0 Å². The Morgan fingerprint density at radius 2 is 2.26 bits per heavy atom. The van der Waals surface area contributed by atoms with Crippen LogP contribution >= 0.6 is 0 Å². The highest BCUT2D eigenvalue weighted by Gasteiger charge is 2.21. The van der Waals surface area contributed by atoms with Crippen LogP contribution in [0.15, 0.2) is 18.2 Å². The van der Waals surface area contributed by atoms with E-state index in [0.717, 1.165) is 18.8 Å².